The molecule has 0 aliphatic rings. The van der Waals surface area contributed by atoms with Crippen LogP contribution in [0.5, 0.6) is 0 Å². The van der Waals surface area contributed by atoms with E-state index >= 15 is 0 Å². The zero-order valence-electron chi connectivity index (χ0n) is 13.2. The van der Waals surface area contributed by atoms with Crippen LogP contribution in [-0.4, -0.2) is 4.57 Å². The van der Waals surface area contributed by atoms with Gasteiger partial charge in [-0.05, 0) is 47.2 Å². The first-order valence-corrected chi connectivity index (χ1v) is 9.69. The lowest BCUT2D eigenvalue weighted by molar-refractivity contribution is 1.18. The molecule has 1 heterocycles. The molecule has 3 heteroatoms. The van der Waals surface area contributed by atoms with E-state index in [1.54, 1.807) is 0 Å². The van der Waals surface area contributed by atoms with Crippen LogP contribution in [0.3, 0.4) is 0 Å². The minimum atomic E-state index is 1.11. The molecule has 1 aromatic heterocycles. The maximum atomic E-state index is 3.74. The predicted molar refractivity (Wildman–Crippen MR) is 114 cm³/mol. The summed E-state index contributed by atoms with van der Waals surface area (Å²) < 4.78 is 4.56. The van der Waals surface area contributed by atoms with Crippen LogP contribution in [0.4, 0.5) is 0 Å². The number of hydrogen-bond donors (Lipinski definition) is 0. The molecule has 0 bridgehead atoms. The second-order valence-corrected chi connectivity index (χ2v) is 7.84. The number of hydrogen-bond acceptors (Lipinski definition) is 0. The van der Waals surface area contributed by atoms with Crippen LogP contribution in [0.25, 0.3) is 38.3 Å². The van der Waals surface area contributed by atoms with E-state index in [0.29, 0.717) is 0 Å². The van der Waals surface area contributed by atoms with E-state index in [0.717, 1.165) is 8.95 Å². The molecular formula is C22H13Br2N. The molecule has 0 radical (unpaired) electrons. The van der Waals surface area contributed by atoms with Crippen LogP contribution in [0, 0.1) is 0 Å². The minimum absolute atomic E-state index is 1.11. The van der Waals surface area contributed by atoms with Gasteiger partial charge in [-0.1, -0.05) is 74.3 Å². The first-order chi connectivity index (χ1) is 12.2. The third-order valence-corrected chi connectivity index (χ3v) is 6.03. The Morgan fingerprint density at radius 2 is 1.16 bits per heavy atom. The van der Waals surface area contributed by atoms with Crippen molar-refractivity contribution >= 4 is 64.4 Å². The van der Waals surface area contributed by atoms with Crippen LogP contribution in [0.15, 0.2) is 87.8 Å². The molecule has 0 fully saturated rings. The van der Waals surface area contributed by atoms with Gasteiger partial charge in [0, 0.05) is 25.4 Å². The Balaban J connectivity index is 1.97. The largest absolute Gasteiger partial charge is 0.309 e. The lowest BCUT2D eigenvalue weighted by Crippen LogP contribution is -1.93. The van der Waals surface area contributed by atoms with Gasteiger partial charge in [-0.25, -0.2) is 0 Å². The molecule has 0 atom stereocenters. The van der Waals surface area contributed by atoms with Gasteiger partial charge in [0.25, 0.3) is 0 Å². The number of fused-ring (bicyclic) bond motifs is 4. The summed E-state index contributed by atoms with van der Waals surface area (Å²) in [7, 11) is 0. The third-order valence-electron chi connectivity index (χ3n) is 4.71. The molecule has 25 heavy (non-hydrogen) atoms. The molecule has 4 aromatic carbocycles. The minimum Gasteiger partial charge on any atom is -0.309 e. The molecule has 0 unspecified atom stereocenters. The van der Waals surface area contributed by atoms with Crippen LogP contribution in [-0.2, 0) is 0 Å². The lowest BCUT2D eigenvalue weighted by atomic mass is 10.1. The monoisotopic (exact) mass is 449 g/mol. The Labute approximate surface area is 162 Å². The molecule has 5 aromatic rings. The van der Waals surface area contributed by atoms with E-state index in [-0.39, 0.29) is 0 Å². The van der Waals surface area contributed by atoms with Gasteiger partial charge in [0.15, 0.2) is 0 Å². The number of halogens is 2. The van der Waals surface area contributed by atoms with E-state index in [1.807, 2.05) is 0 Å². The highest BCUT2D eigenvalue weighted by atomic mass is 79.9. The van der Waals surface area contributed by atoms with Gasteiger partial charge >= 0.3 is 0 Å². The molecule has 0 amide bonds. The van der Waals surface area contributed by atoms with Crippen LogP contribution in [0.2, 0.25) is 0 Å². The van der Waals surface area contributed by atoms with Crippen molar-refractivity contribution in [2.24, 2.45) is 0 Å². The molecular weight excluding hydrogens is 438 g/mol. The van der Waals surface area contributed by atoms with E-state index < -0.39 is 0 Å². The lowest BCUT2D eigenvalue weighted by Gasteiger charge is -2.09. The fourth-order valence-corrected chi connectivity index (χ4v) is 4.72. The normalized spacial score (nSPS) is 11.6. The van der Waals surface area contributed by atoms with Gasteiger partial charge in [0.1, 0.15) is 0 Å². The van der Waals surface area contributed by atoms with Crippen molar-refractivity contribution in [3.63, 3.8) is 0 Å². The molecule has 0 N–H and O–H groups in total. The molecule has 0 aliphatic carbocycles. The van der Waals surface area contributed by atoms with E-state index in [1.165, 1.54) is 38.3 Å². The van der Waals surface area contributed by atoms with Crippen LogP contribution < -0.4 is 0 Å². The standard InChI is InChI=1S/C22H13Br2N/c23-17-7-3-9-19-21(17)22-18(24)8-4-10-20(22)25(19)16-12-11-14-5-1-2-6-15(14)13-16/h1-13H. The van der Waals surface area contributed by atoms with Gasteiger partial charge in [-0.15, -0.1) is 0 Å². The summed E-state index contributed by atoms with van der Waals surface area (Å²) in [5, 5.41) is 4.98. The Hall–Kier alpha value is -2.10. The molecule has 5 rings (SSSR count). The number of rotatable bonds is 1. The van der Waals surface area contributed by atoms with Crippen molar-refractivity contribution in [3.05, 3.63) is 87.8 Å². The number of benzene rings is 4. The Morgan fingerprint density at radius 1 is 0.560 bits per heavy atom. The summed E-state index contributed by atoms with van der Waals surface area (Å²) in [6.07, 6.45) is 0. The number of aromatic nitrogens is 1. The first kappa shape index (κ1) is 15.2. The molecule has 120 valence electrons. The first-order valence-electron chi connectivity index (χ1n) is 8.10. The summed E-state index contributed by atoms with van der Waals surface area (Å²) >= 11 is 7.49. The van der Waals surface area contributed by atoms with Crippen molar-refractivity contribution < 1.29 is 0 Å². The van der Waals surface area contributed by atoms with Gasteiger partial charge in [-0.3, -0.25) is 0 Å². The maximum absolute atomic E-state index is 3.74. The molecule has 0 aliphatic heterocycles. The smallest absolute Gasteiger partial charge is 0.0552 e. The third kappa shape index (κ3) is 2.26. The van der Waals surface area contributed by atoms with Gasteiger partial charge in [0.2, 0.25) is 0 Å². The van der Waals surface area contributed by atoms with Crippen LogP contribution in [0.1, 0.15) is 0 Å². The summed E-state index contributed by atoms with van der Waals surface area (Å²) in [6, 6.07) is 27.9. The fourth-order valence-electron chi connectivity index (χ4n) is 3.62. The van der Waals surface area contributed by atoms with E-state index in [9.17, 15) is 0 Å². The summed E-state index contributed by atoms with van der Waals surface area (Å²) in [5.74, 6) is 0. The average molecular weight is 451 g/mol. The highest BCUT2D eigenvalue weighted by Gasteiger charge is 2.16. The van der Waals surface area contributed by atoms with Crippen molar-refractivity contribution in [3.8, 4) is 5.69 Å². The molecule has 1 nitrogen and oxygen atoms in total. The Kier molecular flexibility index (Phi) is 3.47. The second-order valence-electron chi connectivity index (χ2n) is 6.13. The van der Waals surface area contributed by atoms with E-state index in [2.05, 4.69) is 115 Å². The highest BCUT2D eigenvalue weighted by Crippen LogP contribution is 2.40. The Morgan fingerprint density at radius 3 is 1.80 bits per heavy atom. The predicted octanol–water partition coefficient (Wildman–Crippen LogP) is 7.46. The summed E-state index contributed by atoms with van der Waals surface area (Å²) in [4.78, 5) is 0. The quantitative estimate of drug-likeness (QED) is 0.249. The van der Waals surface area contributed by atoms with Gasteiger partial charge in [0.05, 0.1) is 11.0 Å². The zero-order chi connectivity index (χ0) is 17.0. The number of nitrogens with zero attached hydrogens (tertiary/aromatic N) is 1. The van der Waals surface area contributed by atoms with Crippen molar-refractivity contribution in [1.29, 1.82) is 0 Å². The molecule has 0 spiro atoms. The molecule has 0 saturated heterocycles. The highest BCUT2D eigenvalue weighted by molar-refractivity contribution is 9.11. The second kappa shape index (κ2) is 5.72. The Bertz CT molecular complexity index is 1210. The van der Waals surface area contributed by atoms with Crippen molar-refractivity contribution in [1.82, 2.24) is 4.57 Å². The van der Waals surface area contributed by atoms with Gasteiger partial charge < -0.3 is 4.57 Å². The molecule has 0 saturated carbocycles. The zero-order valence-corrected chi connectivity index (χ0v) is 16.4. The van der Waals surface area contributed by atoms with Gasteiger partial charge in [-0.2, -0.15) is 0 Å². The van der Waals surface area contributed by atoms with Crippen molar-refractivity contribution in [2.75, 3.05) is 0 Å². The van der Waals surface area contributed by atoms with Crippen LogP contribution >= 0.6 is 31.9 Å². The average Bonchev–Trinajstić information content (AvgIpc) is 2.98. The SMILES string of the molecule is Brc1cccc2c1c1c(Br)cccc1n2-c1ccc2ccccc2c1. The summed E-state index contributed by atoms with van der Waals surface area (Å²) in [5.41, 5.74) is 3.58. The topological polar surface area (TPSA) is 4.93 Å². The fraction of sp³-hybridized carbons (Fsp3) is 0. The summed E-state index contributed by atoms with van der Waals surface area (Å²) in [6.45, 7) is 0. The van der Waals surface area contributed by atoms with E-state index in [4.69, 9.17) is 0 Å². The maximum Gasteiger partial charge on any atom is 0.0552 e. The van der Waals surface area contributed by atoms with Crippen molar-refractivity contribution in [2.45, 2.75) is 0 Å².